The molecule has 0 saturated carbocycles. The summed E-state index contributed by atoms with van der Waals surface area (Å²) in [6.45, 7) is 8.07. The molecule has 0 heterocycles. The second-order valence-electron chi connectivity index (χ2n) is 4.39. The lowest BCUT2D eigenvalue weighted by Gasteiger charge is -2.12. The number of aryl methyl sites for hydroxylation is 2. The number of benzene rings is 1. The Labute approximate surface area is 104 Å². The van der Waals surface area contributed by atoms with Crippen molar-refractivity contribution in [3.05, 3.63) is 29.3 Å². The molecular formula is C14H23NO2. The van der Waals surface area contributed by atoms with E-state index in [2.05, 4.69) is 26.0 Å². The predicted octanol–water partition coefficient (Wildman–Crippen LogP) is 2.44. The number of ether oxygens (including phenoxy) is 2. The number of hydrogen-bond acceptors (Lipinski definition) is 3. The third kappa shape index (κ3) is 5.20. The van der Waals surface area contributed by atoms with Crippen LogP contribution in [-0.4, -0.2) is 25.9 Å². The Bertz CT molecular complexity index is 339. The molecule has 1 rings (SSSR count). The Morgan fingerprint density at radius 2 is 2.00 bits per heavy atom. The molecule has 1 aromatic rings. The summed E-state index contributed by atoms with van der Waals surface area (Å²) in [7, 11) is 0. The van der Waals surface area contributed by atoms with Crippen molar-refractivity contribution >= 4 is 0 Å². The number of nitrogens with two attached hydrogens (primary N) is 1. The molecule has 0 bridgehead atoms. The van der Waals surface area contributed by atoms with Crippen molar-refractivity contribution in [3.63, 3.8) is 0 Å². The van der Waals surface area contributed by atoms with Crippen molar-refractivity contribution in [1.82, 2.24) is 0 Å². The zero-order valence-electron chi connectivity index (χ0n) is 11.0. The Kier molecular flexibility index (Phi) is 6.01. The van der Waals surface area contributed by atoms with E-state index in [9.17, 15) is 0 Å². The predicted molar refractivity (Wildman–Crippen MR) is 70.5 cm³/mol. The Morgan fingerprint density at radius 3 is 2.65 bits per heavy atom. The van der Waals surface area contributed by atoms with E-state index in [0.717, 1.165) is 12.2 Å². The highest BCUT2D eigenvalue weighted by Crippen LogP contribution is 2.18. The first kappa shape index (κ1) is 14.0. The summed E-state index contributed by atoms with van der Waals surface area (Å²) < 4.78 is 11.2. The molecule has 0 aliphatic heterocycles. The van der Waals surface area contributed by atoms with E-state index in [-0.39, 0.29) is 6.10 Å². The van der Waals surface area contributed by atoms with Crippen LogP contribution in [0.15, 0.2) is 18.2 Å². The topological polar surface area (TPSA) is 44.5 Å². The van der Waals surface area contributed by atoms with E-state index in [0.29, 0.717) is 19.8 Å². The van der Waals surface area contributed by atoms with Crippen molar-refractivity contribution in [2.45, 2.75) is 33.3 Å². The highest BCUT2D eigenvalue weighted by molar-refractivity contribution is 5.35. The molecule has 0 radical (unpaired) electrons. The molecule has 1 aromatic carbocycles. The quantitative estimate of drug-likeness (QED) is 0.741. The molecule has 0 saturated heterocycles. The summed E-state index contributed by atoms with van der Waals surface area (Å²) in [5, 5.41) is 0. The standard InChI is InChI=1S/C14H23NO2/c1-11-5-6-14(12(2)9-11)17-8-4-7-16-13(3)10-15/h5-6,9,13H,4,7-8,10,15H2,1-3H3. The summed E-state index contributed by atoms with van der Waals surface area (Å²) in [4.78, 5) is 0. The first-order chi connectivity index (χ1) is 8.13. The molecule has 0 aliphatic rings. The van der Waals surface area contributed by atoms with Gasteiger partial charge in [-0.2, -0.15) is 0 Å². The minimum Gasteiger partial charge on any atom is -0.493 e. The third-order valence-electron chi connectivity index (χ3n) is 2.61. The molecule has 1 unspecified atom stereocenters. The third-order valence-corrected chi connectivity index (χ3v) is 2.61. The fraction of sp³-hybridized carbons (Fsp3) is 0.571. The highest BCUT2D eigenvalue weighted by atomic mass is 16.5. The van der Waals surface area contributed by atoms with Gasteiger partial charge in [-0.15, -0.1) is 0 Å². The van der Waals surface area contributed by atoms with Gasteiger partial charge in [0.15, 0.2) is 0 Å². The zero-order chi connectivity index (χ0) is 12.7. The molecule has 0 aliphatic carbocycles. The largest absolute Gasteiger partial charge is 0.493 e. The maximum atomic E-state index is 5.70. The first-order valence-corrected chi connectivity index (χ1v) is 6.15. The fourth-order valence-electron chi connectivity index (χ4n) is 1.55. The van der Waals surface area contributed by atoms with Crippen molar-refractivity contribution < 1.29 is 9.47 Å². The van der Waals surface area contributed by atoms with Gasteiger partial charge in [0.2, 0.25) is 0 Å². The van der Waals surface area contributed by atoms with Crippen LogP contribution in [0.5, 0.6) is 5.75 Å². The molecular weight excluding hydrogens is 214 g/mol. The van der Waals surface area contributed by atoms with Crippen LogP contribution < -0.4 is 10.5 Å². The van der Waals surface area contributed by atoms with E-state index in [1.54, 1.807) is 0 Å². The fourth-order valence-corrected chi connectivity index (χ4v) is 1.55. The molecule has 0 amide bonds. The Balaban J connectivity index is 2.22. The smallest absolute Gasteiger partial charge is 0.122 e. The SMILES string of the molecule is Cc1ccc(OCCCOC(C)CN)c(C)c1. The van der Waals surface area contributed by atoms with Crippen LogP contribution in [0.25, 0.3) is 0 Å². The molecule has 0 spiro atoms. The summed E-state index contributed by atoms with van der Waals surface area (Å²) >= 11 is 0. The van der Waals surface area contributed by atoms with Gasteiger partial charge in [0.1, 0.15) is 5.75 Å². The number of hydrogen-bond donors (Lipinski definition) is 1. The Hall–Kier alpha value is -1.06. The van der Waals surface area contributed by atoms with Crippen molar-refractivity contribution in [2.24, 2.45) is 5.73 Å². The minimum atomic E-state index is 0.135. The average molecular weight is 237 g/mol. The van der Waals surface area contributed by atoms with Crippen molar-refractivity contribution in [1.29, 1.82) is 0 Å². The number of rotatable bonds is 7. The second kappa shape index (κ2) is 7.30. The van der Waals surface area contributed by atoms with Gasteiger partial charge in [0, 0.05) is 13.0 Å². The highest BCUT2D eigenvalue weighted by Gasteiger charge is 2.00. The molecule has 0 fully saturated rings. The Morgan fingerprint density at radius 1 is 1.24 bits per heavy atom. The van der Waals surface area contributed by atoms with Gasteiger partial charge in [0.25, 0.3) is 0 Å². The average Bonchev–Trinajstić information content (AvgIpc) is 2.30. The van der Waals surface area contributed by atoms with Gasteiger partial charge in [-0.1, -0.05) is 17.7 Å². The van der Waals surface area contributed by atoms with E-state index in [4.69, 9.17) is 15.2 Å². The monoisotopic (exact) mass is 237 g/mol. The van der Waals surface area contributed by atoms with Gasteiger partial charge < -0.3 is 15.2 Å². The van der Waals surface area contributed by atoms with Gasteiger partial charge in [0.05, 0.1) is 19.3 Å². The lowest BCUT2D eigenvalue weighted by atomic mass is 10.1. The van der Waals surface area contributed by atoms with Gasteiger partial charge in [-0.25, -0.2) is 0 Å². The molecule has 0 aromatic heterocycles. The van der Waals surface area contributed by atoms with E-state index in [1.165, 1.54) is 11.1 Å². The van der Waals surface area contributed by atoms with Crippen LogP contribution >= 0.6 is 0 Å². The molecule has 1 atom stereocenters. The maximum Gasteiger partial charge on any atom is 0.122 e. The molecule has 3 nitrogen and oxygen atoms in total. The van der Waals surface area contributed by atoms with Crippen LogP contribution in [0.1, 0.15) is 24.5 Å². The summed E-state index contributed by atoms with van der Waals surface area (Å²) in [5.41, 5.74) is 7.90. The van der Waals surface area contributed by atoms with Crippen LogP contribution in [0, 0.1) is 13.8 Å². The summed E-state index contributed by atoms with van der Waals surface area (Å²) in [6.07, 6.45) is 1.02. The molecule has 96 valence electrons. The first-order valence-electron chi connectivity index (χ1n) is 6.15. The molecule has 2 N–H and O–H groups in total. The zero-order valence-corrected chi connectivity index (χ0v) is 11.0. The van der Waals surface area contributed by atoms with E-state index in [1.807, 2.05) is 13.0 Å². The molecule has 17 heavy (non-hydrogen) atoms. The van der Waals surface area contributed by atoms with Crippen molar-refractivity contribution in [3.8, 4) is 5.75 Å². The van der Waals surface area contributed by atoms with E-state index < -0.39 is 0 Å². The van der Waals surface area contributed by atoms with Gasteiger partial charge >= 0.3 is 0 Å². The maximum absolute atomic E-state index is 5.70. The lowest BCUT2D eigenvalue weighted by molar-refractivity contribution is 0.0630. The van der Waals surface area contributed by atoms with Crippen LogP contribution in [0.2, 0.25) is 0 Å². The van der Waals surface area contributed by atoms with Gasteiger partial charge in [-0.05, 0) is 32.4 Å². The minimum absolute atomic E-state index is 0.135. The van der Waals surface area contributed by atoms with Crippen LogP contribution in [0.3, 0.4) is 0 Å². The normalized spacial score (nSPS) is 12.5. The molecule has 3 heteroatoms. The van der Waals surface area contributed by atoms with Crippen LogP contribution in [-0.2, 0) is 4.74 Å². The van der Waals surface area contributed by atoms with Crippen LogP contribution in [0.4, 0.5) is 0 Å². The van der Waals surface area contributed by atoms with Crippen molar-refractivity contribution in [2.75, 3.05) is 19.8 Å². The van der Waals surface area contributed by atoms with Gasteiger partial charge in [-0.3, -0.25) is 0 Å². The summed E-state index contributed by atoms with van der Waals surface area (Å²) in [5.74, 6) is 0.961. The second-order valence-corrected chi connectivity index (χ2v) is 4.39. The van der Waals surface area contributed by atoms with E-state index >= 15 is 0 Å². The summed E-state index contributed by atoms with van der Waals surface area (Å²) in [6, 6.07) is 6.21. The lowest BCUT2D eigenvalue weighted by Crippen LogP contribution is -2.21.